The third-order valence-corrected chi connectivity index (χ3v) is 5.61. The Balaban J connectivity index is 1.38. The second-order valence-electron chi connectivity index (χ2n) is 9.13. The maximum atomic E-state index is 13.9. The third kappa shape index (κ3) is 4.49. The summed E-state index contributed by atoms with van der Waals surface area (Å²) in [6.45, 7) is 6.70. The standard InChI is InChI=1S/C24H25F2N3O3/c1-24(2,3)23-28-19-13-16(5-7-20(19)32-23)27-21(30)14-8-10-29(11-9-14)22(31)17-6-4-15(25)12-18(17)26/h4-7,12-14H,8-11H2,1-3H3,(H,27,30). The summed E-state index contributed by atoms with van der Waals surface area (Å²) in [5.74, 6) is -1.88. The number of amides is 2. The van der Waals surface area contributed by atoms with Gasteiger partial charge in [-0.3, -0.25) is 9.59 Å². The van der Waals surface area contributed by atoms with Crippen molar-refractivity contribution in [2.75, 3.05) is 18.4 Å². The molecule has 0 radical (unpaired) electrons. The summed E-state index contributed by atoms with van der Waals surface area (Å²) in [5, 5.41) is 2.92. The summed E-state index contributed by atoms with van der Waals surface area (Å²) < 4.78 is 32.8. The van der Waals surface area contributed by atoms with Crippen LogP contribution in [-0.4, -0.2) is 34.8 Å². The Labute approximate surface area is 184 Å². The number of rotatable bonds is 3. The van der Waals surface area contributed by atoms with E-state index >= 15 is 0 Å². The van der Waals surface area contributed by atoms with Gasteiger partial charge in [0.1, 0.15) is 17.2 Å². The number of halogens is 2. The molecule has 8 heteroatoms. The minimum atomic E-state index is -0.882. The zero-order chi connectivity index (χ0) is 23.0. The van der Waals surface area contributed by atoms with E-state index in [9.17, 15) is 18.4 Å². The Kier molecular flexibility index (Phi) is 5.71. The van der Waals surface area contributed by atoms with Crippen LogP contribution >= 0.6 is 0 Å². The molecule has 1 fully saturated rings. The maximum absolute atomic E-state index is 13.9. The van der Waals surface area contributed by atoms with Gasteiger partial charge in [-0.25, -0.2) is 13.8 Å². The summed E-state index contributed by atoms with van der Waals surface area (Å²) in [4.78, 5) is 31.3. The SMILES string of the molecule is CC(C)(C)c1nc2cc(NC(=O)C3CCN(C(=O)c4ccc(F)cc4F)CC3)ccc2o1. The highest BCUT2D eigenvalue weighted by Crippen LogP contribution is 2.28. The minimum Gasteiger partial charge on any atom is -0.440 e. The molecule has 0 atom stereocenters. The molecule has 0 aliphatic carbocycles. The van der Waals surface area contributed by atoms with Crippen LogP contribution in [0, 0.1) is 17.6 Å². The molecule has 2 aromatic carbocycles. The van der Waals surface area contributed by atoms with Crippen molar-refractivity contribution in [2.24, 2.45) is 5.92 Å². The van der Waals surface area contributed by atoms with Gasteiger partial charge in [0.2, 0.25) is 11.8 Å². The minimum absolute atomic E-state index is 0.135. The highest BCUT2D eigenvalue weighted by atomic mass is 19.1. The average molecular weight is 441 g/mol. The van der Waals surface area contributed by atoms with Gasteiger partial charge in [-0.1, -0.05) is 20.8 Å². The molecule has 1 N–H and O–H groups in total. The molecule has 1 aliphatic rings. The Hall–Kier alpha value is -3.29. The van der Waals surface area contributed by atoms with Crippen LogP contribution in [0.2, 0.25) is 0 Å². The number of nitrogens with one attached hydrogen (secondary N) is 1. The highest BCUT2D eigenvalue weighted by Gasteiger charge is 2.29. The largest absolute Gasteiger partial charge is 0.440 e. The molecule has 2 heterocycles. The maximum Gasteiger partial charge on any atom is 0.256 e. The van der Waals surface area contributed by atoms with E-state index in [2.05, 4.69) is 10.3 Å². The van der Waals surface area contributed by atoms with Gasteiger partial charge in [-0.2, -0.15) is 0 Å². The lowest BCUT2D eigenvalue weighted by Crippen LogP contribution is -2.41. The van der Waals surface area contributed by atoms with E-state index < -0.39 is 17.5 Å². The van der Waals surface area contributed by atoms with Gasteiger partial charge in [0.25, 0.3) is 5.91 Å². The summed E-state index contributed by atoms with van der Waals surface area (Å²) in [6, 6.07) is 8.24. The van der Waals surface area contributed by atoms with E-state index in [1.807, 2.05) is 20.8 Å². The van der Waals surface area contributed by atoms with E-state index in [1.54, 1.807) is 18.2 Å². The van der Waals surface area contributed by atoms with Crippen molar-refractivity contribution in [2.45, 2.75) is 39.0 Å². The molecule has 32 heavy (non-hydrogen) atoms. The Morgan fingerprint density at radius 3 is 2.47 bits per heavy atom. The van der Waals surface area contributed by atoms with Gasteiger partial charge in [-0.05, 0) is 43.2 Å². The summed E-state index contributed by atoms with van der Waals surface area (Å²) in [6.07, 6.45) is 0.918. The molecule has 2 amide bonds. The second-order valence-corrected chi connectivity index (χ2v) is 9.13. The molecule has 0 spiro atoms. The third-order valence-electron chi connectivity index (χ3n) is 5.61. The highest BCUT2D eigenvalue weighted by molar-refractivity contribution is 5.96. The lowest BCUT2D eigenvalue weighted by molar-refractivity contribution is -0.121. The average Bonchev–Trinajstić information content (AvgIpc) is 3.17. The number of oxazole rings is 1. The van der Waals surface area contributed by atoms with Crippen LogP contribution in [0.15, 0.2) is 40.8 Å². The van der Waals surface area contributed by atoms with Gasteiger partial charge in [0.05, 0.1) is 5.56 Å². The fourth-order valence-electron chi connectivity index (χ4n) is 3.75. The van der Waals surface area contributed by atoms with Crippen LogP contribution < -0.4 is 5.32 Å². The number of anilines is 1. The summed E-state index contributed by atoms with van der Waals surface area (Å²) in [7, 11) is 0. The van der Waals surface area contributed by atoms with Crippen molar-refractivity contribution in [3.63, 3.8) is 0 Å². The van der Waals surface area contributed by atoms with E-state index in [0.717, 1.165) is 12.1 Å². The Bertz CT molecular complexity index is 1170. The lowest BCUT2D eigenvalue weighted by Gasteiger charge is -2.31. The molecular formula is C24H25F2N3O3. The topological polar surface area (TPSA) is 75.4 Å². The van der Waals surface area contributed by atoms with Gasteiger partial charge < -0.3 is 14.6 Å². The van der Waals surface area contributed by atoms with Crippen LogP contribution in [0.4, 0.5) is 14.5 Å². The monoisotopic (exact) mass is 441 g/mol. The summed E-state index contributed by atoms with van der Waals surface area (Å²) >= 11 is 0. The molecule has 1 aromatic heterocycles. The first-order valence-corrected chi connectivity index (χ1v) is 10.6. The molecule has 0 saturated carbocycles. The molecule has 0 bridgehead atoms. The molecular weight excluding hydrogens is 416 g/mol. The van der Waals surface area contributed by atoms with E-state index in [1.165, 1.54) is 4.90 Å². The van der Waals surface area contributed by atoms with E-state index in [-0.39, 0.29) is 22.8 Å². The van der Waals surface area contributed by atoms with Crippen molar-refractivity contribution in [1.82, 2.24) is 9.88 Å². The first kappa shape index (κ1) is 21.9. The first-order valence-electron chi connectivity index (χ1n) is 10.6. The fraction of sp³-hybridized carbons (Fsp3) is 0.375. The number of benzene rings is 2. The Morgan fingerprint density at radius 1 is 1.09 bits per heavy atom. The quantitative estimate of drug-likeness (QED) is 0.628. The molecule has 1 saturated heterocycles. The number of nitrogens with zero attached hydrogens (tertiary/aromatic N) is 2. The predicted molar refractivity (Wildman–Crippen MR) is 116 cm³/mol. The molecule has 4 rings (SSSR count). The fourth-order valence-corrected chi connectivity index (χ4v) is 3.75. The van der Waals surface area contributed by atoms with E-state index in [0.29, 0.717) is 54.7 Å². The Morgan fingerprint density at radius 2 is 1.81 bits per heavy atom. The predicted octanol–water partition coefficient (Wildman–Crippen LogP) is 4.89. The lowest BCUT2D eigenvalue weighted by atomic mass is 9.95. The number of likely N-dealkylation sites (tertiary alicyclic amines) is 1. The molecule has 1 aliphatic heterocycles. The van der Waals surface area contributed by atoms with Gasteiger partial charge in [0.15, 0.2) is 5.58 Å². The molecule has 168 valence electrons. The number of carbonyl (C=O) groups excluding carboxylic acids is 2. The van der Waals surface area contributed by atoms with Gasteiger partial charge in [-0.15, -0.1) is 0 Å². The van der Waals surface area contributed by atoms with Crippen LogP contribution in [0.5, 0.6) is 0 Å². The number of fused-ring (bicyclic) bond motifs is 1. The number of aromatic nitrogens is 1. The van der Waals surface area contributed by atoms with E-state index in [4.69, 9.17) is 4.42 Å². The molecule has 3 aromatic rings. The smallest absolute Gasteiger partial charge is 0.256 e. The molecule has 0 unspecified atom stereocenters. The van der Waals surface area contributed by atoms with Gasteiger partial charge >= 0.3 is 0 Å². The van der Waals surface area contributed by atoms with Crippen LogP contribution in [0.1, 0.15) is 49.9 Å². The van der Waals surface area contributed by atoms with Crippen LogP contribution in [-0.2, 0) is 10.2 Å². The zero-order valence-corrected chi connectivity index (χ0v) is 18.2. The number of hydrogen-bond donors (Lipinski definition) is 1. The van der Waals surface area contributed by atoms with Crippen molar-refractivity contribution in [3.05, 3.63) is 59.5 Å². The van der Waals surface area contributed by atoms with Crippen molar-refractivity contribution in [3.8, 4) is 0 Å². The van der Waals surface area contributed by atoms with Crippen molar-refractivity contribution >= 4 is 28.6 Å². The second kappa shape index (κ2) is 8.33. The van der Waals surface area contributed by atoms with Crippen LogP contribution in [0.25, 0.3) is 11.1 Å². The van der Waals surface area contributed by atoms with Crippen molar-refractivity contribution in [1.29, 1.82) is 0 Å². The number of carbonyl (C=O) groups is 2. The number of piperidine rings is 1. The summed E-state index contributed by atoms with van der Waals surface area (Å²) in [5.41, 5.74) is 1.58. The number of hydrogen-bond acceptors (Lipinski definition) is 4. The van der Waals surface area contributed by atoms with Crippen LogP contribution in [0.3, 0.4) is 0 Å². The normalized spacial score (nSPS) is 15.2. The first-order chi connectivity index (χ1) is 15.1. The van der Waals surface area contributed by atoms with Gasteiger partial charge in [0, 0.05) is 36.2 Å². The van der Waals surface area contributed by atoms with Crippen molar-refractivity contribution < 1.29 is 22.8 Å². The molecule has 6 nitrogen and oxygen atoms in total. The zero-order valence-electron chi connectivity index (χ0n) is 18.2.